The Hall–Kier alpha value is -4.97. The maximum Gasteiger partial charge on any atom is 0.417 e. The van der Waals surface area contributed by atoms with Crippen LogP contribution in [0.2, 0.25) is 0 Å². The molecule has 0 fully saturated rings. The van der Waals surface area contributed by atoms with Gasteiger partial charge in [-0.05, 0) is 65.2 Å². The molecule has 1 amide bonds. The molecule has 2 aromatic heterocycles. The Balaban J connectivity index is 1.32. The van der Waals surface area contributed by atoms with Crippen LogP contribution in [0.15, 0.2) is 91.4 Å². The highest BCUT2D eigenvalue weighted by Gasteiger charge is 2.34. The van der Waals surface area contributed by atoms with Crippen molar-refractivity contribution in [2.45, 2.75) is 12.6 Å². The van der Waals surface area contributed by atoms with Gasteiger partial charge in [-0.15, -0.1) is 0 Å². The van der Waals surface area contributed by atoms with E-state index in [0.717, 1.165) is 17.3 Å². The number of pyridine rings is 1. The van der Waals surface area contributed by atoms with Crippen molar-refractivity contribution in [3.63, 3.8) is 0 Å². The zero-order valence-electron chi connectivity index (χ0n) is 19.2. The summed E-state index contributed by atoms with van der Waals surface area (Å²) in [4.78, 5) is 21.3. The van der Waals surface area contributed by atoms with Crippen LogP contribution in [0.4, 0.5) is 18.9 Å². The summed E-state index contributed by atoms with van der Waals surface area (Å²) in [5.41, 5.74) is 2.79. The van der Waals surface area contributed by atoms with Crippen LogP contribution in [0.3, 0.4) is 0 Å². The summed E-state index contributed by atoms with van der Waals surface area (Å²) in [6.45, 7) is 0. The average molecular weight is 497 g/mol. The third-order valence-corrected chi connectivity index (χ3v) is 5.82. The van der Waals surface area contributed by atoms with Crippen LogP contribution < -0.4 is 5.32 Å². The summed E-state index contributed by atoms with van der Waals surface area (Å²) < 4.78 is 43.3. The molecule has 0 atom stereocenters. The van der Waals surface area contributed by atoms with Gasteiger partial charge in [-0.3, -0.25) is 9.36 Å². The fourth-order valence-electron chi connectivity index (χ4n) is 4.04. The van der Waals surface area contributed by atoms with E-state index in [4.69, 9.17) is 5.26 Å². The highest BCUT2D eigenvalue weighted by molar-refractivity contribution is 5.93. The maximum absolute atomic E-state index is 13.8. The summed E-state index contributed by atoms with van der Waals surface area (Å²) in [5, 5.41) is 11.5. The number of hydrogen-bond donors (Lipinski definition) is 1. The van der Waals surface area contributed by atoms with Crippen LogP contribution in [0.25, 0.3) is 28.0 Å². The molecule has 6 nitrogen and oxygen atoms in total. The number of rotatable bonds is 5. The Bertz CT molecular complexity index is 1630. The molecule has 0 saturated carbocycles. The Morgan fingerprint density at radius 3 is 2.43 bits per heavy atom. The SMILES string of the molecule is N#Cc1ccc(-c2ccc(NC(=O)Cc3ccc(-n4cnc5cccnc54)cc3)cc2C(F)(F)F)cc1. The minimum Gasteiger partial charge on any atom is -0.326 e. The second-order valence-electron chi connectivity index (χ2n) is 8.30. The number of amides is 1. The standard InChI is InChI=1S/C28H18F3N5O/c29-28(30,31)24-15-21(9-12-23(24)20-7-3-19(16-32)4-8-20)35-26(37)14-18-5-10-22(11-6-18)36-17-34-25-2-1-13-33-27(25)36/h1-13,15,17H,14H2,(H,35,37). The molecule has 9 heteroatoms. The lowest BCUT2D eigenvalue weighted by molar-refractivity contribution is -0.137. The van der Waals surface area contributed by atoms with Gasteiger partial charge in [-0.25, -0.2) is 9.97 Å². The van der Waals surface area contributed by atoms with Crippen molar-refractivity contribution in [1.82, 2.24) is 14.5 Å². The summed E-state index contributed by atoms with van der Waals surface area (Å²) in [6, 6.07) is 22.3. The second-order valence-corrected chi connectivity index (χ2v) is 8.30. The molecule has 0 spiro atoms. The monoisotopic (exact) mass is 497 g/mol. The fraction of sp³-hybridized carbons (Fsp3) is 0.0714. The minimum absolute atomic E-state index is 0.0120. The predicted octanol–water partition coefficient (Wildman–Crippen LogP) is 6.16. The van der Waals surface area contributed by atoms with Gasteiger partial charge in [0.25, 0.3) is 0 Å². The summed E-state index contributed by atoms with van der Waals surface area (Å²) in [5.74, 6) is -0.443. The molecule has 5 rings (SSSR count). The van der Waals surface area contributed by atoms with E-state index in [-0.39, 0.29) is 17.7 Å². The number of nitrogens with zero attached hydrogens (tertiary/aromatic N) is 4. The van der Waals surface area contributed by atoms with Crippen LogP contribution in [-0.2, 0) is 17.4 Å². The minimum atomic E-state index is -4.63. The quantitative estimate of drug-likeness (QED) is 0.315. The summed E-state index contributed by atoms with van der Waals surface area (Å²) in [6.07, 6.45) is -1.30. The van der Waals surface area contributed by atoms with Gasteiger partial charge in [0.15, 0.2) is 5.65 Å². The van der Waals surface area contributed by atoms with E-state index in [0.29, 0.717) is 22.3 Å². The van der Waals surface area contributed by atoms with Crippen LogP contribution in [-0.4, -0.2) is 20.4 Å². The molecule has 0 saturated heterocycles. The van der Waals surface area contributed by atoms with Gasteiger partial charge in [0.2, 0.25) is 5.91 Å². The first-order chi connectivity index (χ1) is 17.8. The lowest BCUT2D eigenvalue weighted by atomic mass is 9.97. The predicted molar refractivity (Wildman–Crippen MR) is 133 cm³/mol. The number of benzene rings is 3. The first-order valence-corrected chi connectivity index (χ1v) is 11.2. The van der Waals surface area contributed by atoms with E-state index in [9.17, 15) is 18.0 Å². The van der Waals surface area contributed by atoms with Crippen LogP contribution >= 0.6 is 0 Å². The molecule has 3 aromatic carbocycles. The molecule has 182 valence electrons. The van der Waals surface area contributed by atoms with Crippen molar-refractivity contribution < 1.29 is 18.0 Å². The Morgan fingerprint density at radius 2 is 1.73 bits per heavy atom. The maximum atomic E-state index is 13.8. The van der Waals surface area contributed by atoms with Gasteiger partial charge in [0, 0.05) is 17.6 Å². The Kier molecular flexibility index (Phi) is 6.15. The van der Waals surface area contributed by atoms with E-state index < -0.39 is 17.6 Å². The molecule has 5 aromatic rings. The number of anilines is 1. The number of aromatic nitrogens is 3. The second kappa shape index (κ2) is 9.59. The first kappa shape index (κ1) is 23.8. The molecule has 0 radical (unpaired) electrons. The number of halogens is 3. The van der Waals surface area contributed by atoms with Crippen LogP contribution in [0, 0.1) is 11.3 Å². The Morgan fingerprint density at radius 1 is 0.973 bits per heavy atom. The van der Waals surface area contributed by atoms with Gasteiger partial charge in [-0.2, -0.15) is 18.4 Å². The molecule has 2 heterocycles. The topological polar surface area (TPSA) is 83.6 Å². The number of imidazole rings is 1. The smallest absolute Gasteiger partial charge is 0.326 e. The molecular weight excluding hydrogens is 479 g/mol. The first-order valence-electron chi connectivity index (χ1n) is 11.2. The van der Waals surface area contributed by atoms with Crippen molar-refractivity contribution in [2.75, 3.05) is 5.32 Å². The van der Waals surface area contributed by atoms with Gasteiger partial charge < -0.3 is 5.32 Å². The van der Waals surface area contributed by atoms with Gasteiger partial charge >= 0.3 is 6.18 Å². The van der Waals surface area contributed by atoms with Gasteiger partial charge in [0.1, 0.15) is 11.8 Å². The molecule has 0 aliphatic heterocycles. The fourth-order valence-corrected chi connectivity index (χ4v) is 4.04. The molecular formula is C28H18F3N5O. The molecule has 0 unspecified atom stereocenters. The summed E-state index contributed by atoms with van der Waals surface area (Å²) in [7, 11) is 0. The average Bonchev–Trinajstić information content (AvgIpc) is 3.33. The molecule has 37 heavy (non-hydrogen) atoms. The molecule has 1 N–H and O–H groups in total. The van der Waals surface area contributed by atoms with Crippen molar-refractivity contribution in [3.8, 4) is 22.9 Å². The van der Waals surface area contributed by atoms with Crippen molar-refractivity contribution in [2.24, 2.45) is 0 Å². The lowest BCUT2D eigenvalue weighted by Gasteiger charge is -2.15. The van der Waals surface area contributed by atoms with E-state index in [2.05, 4.69) is 15.3 Å². The molecule has 0 bridgehead atoms. The lowest BCUT2D eigenvalue weighted by Crippen LogP contribution is -2.16. The molecule has 0 aliphatic rings. The number of nitrogens with one attached hydrogen (secondary N) is 1. The van der Waals surface area contributed by atoms with E-state index in [1.807, 2.05) is 28.8 Å². The normalized spacial score (nSPS) is 11.3. The van der Waals surface area contributed by atoms with Gasteiger partial charge in [-0.1, -0.05) is 30.3 Å². The number of carbonyl (C=O) groups is 1. The number of hydrogen-bond acceptors (Lipinski definition) is 4. The molecule has 0 aliphatic carbocycles. The zero-order chi connectivity index (χ0) is 26.0. The van der Waals surface area contributed by atoms with E-state index in [1.165, 1.54) is 36.4 Å². The number of fused-ring (bicyclic) bond motifs is 1. The highest BCUT2D eigenvalue weighted by atomic mass is 19.4. The number of carbonyl (C=O) groups excluding carboxylic acids is 1. The number of nitriles is 1. The highest BCUT2D eigenvalue weighted by Crippen LogP contribution is 2.38. The third kappa shape index (κ3) is 5.04. The van der Waals surface area contributed by atoms with Crippen LogP contribution in [0.1, 0.15) is 16.7 Å². The van der Waals surface area contributed by atoms with Crippen LogP contribution in [0.5, 0.6) is 0 Å². The van der Waals surface area contributed by atoms with Crippen molar-refractivity contribution in [3.05, 3.63) is 108 Å². The third-order valence-electron chi connectivity index (χ3n) is 5.82. The zero-order valence-corrected chi connectivity index (χ0v) is 19.2. The van der Waals surface area contributed by atoms with Crippen molar-refractivity contribution in [1.29, 1.82) is 5.26 Å². The number of alkyl halides is 3. The largest absolute Gasteiger partial charge is 0.417 e. The van der Waals surface area contributed by atoms with E-state index in [1.54, 1.807) is 30.7 Å². The van der Waals surface area contributed by atoms with Crippen molar-refractivity contribution >= 4 is 22.8 Å². The summed E-state index contributed by atoms with van der Waals surface area (Å²) >= 11 is 0. The van der Waals surface area contributed by atoms with Gasteiger partial charge in [0.05, 0.1) is 23.6 Å². The van der Waals surface area contributed by atoms with E-state index >= 15 is 0 Å². The Labute approximate surface area is 209 Å².